The topological polar surface area (TPSA) is 54.0 Å². The molecule has 0 saturated heterocycles. The summed E-state index contributed by atoms with van der Waals surface area (Å²) >= 11 is 0. The number of rotatable bonds is 5. The number of likely N-dealkylation sites (N-methyl/N-ethyl adjacent to an activating group) is 1. The van der Waals surface area contributed by atoms with Gasteiger partial charge in [-0.2, -0.15) is 0 Å². The van der Waals surface area contributed by atoms with Gasteiger partial charge in [0.05, 0.1) is 6.04 Å². The Morgan fingerprint density at radius 2 is 1.69 bits per heavy atom. The standard InChI is InChI=1S/C25H25N3O/c1-4-20-12-8-9-13-21(20)22-15-17-24(28-25(29)18(2)26-3)27-23(22)16-14-19-10-6-5-7-11-19/h5-13,15,17-18,26H,4H2,1-3H3,(H,27,28,29). The van der Waals surface area contributed by atoms with Crippen LogP contribution >= 0.6 is 0 Å². The first kappa shape index (κ1) is 20.3. The SMILES string of the molecule is CCc1ccccc1-c1ccc(NC(=O)C(C)NC)nc1C#Cc1ccccc1. The number of hydrogen-bond acceptors (Lipinski definition) is 3. The van der Waals surface area contributed by atoms with Crippen molar-refractivity contribution in [3.63, 3.8) is 0 Å². The molecule has 1 amide bonds. The summed E-state index contributed by atoms with van der Waals surface area (Å²) in [6, 6.07) is 21.6. The summed E-state index contributed by atoms with van der Waals surface area (Å²) in [5.74, 6) is 6.75. The Morgan fingerprint density at radius 1 is 0.966 bits per heavy atom. The lowest BCUT2D eigenvalue weighted by Gasteiger charge is -2.13. The van der Waals surface area contributed by atoms with Gasteiger partial charge in [-0.05, 0) is 61.7 Å². The minimum absolute atomic E-state index is 0.135. The molecule has 2 aromatic carbocycles. The van der Waals surface area contributed by atoms with Gasteiger partial charge < -0.3 is 10.6 Å². The normalized spacial score (nSPS) is 11.3. The van der Waals surface area contributed by atoms with Crippen molar-refractivity contribution in [3.8, 4) is 23.0 Å². The zero-order valence-electron chi connectivity index (χ0n) is 17.0. The summed E-state index contributed by atoms with van der Waals surface area (Å²) in [7, 11) is 1.75. The molecule has 0 aliphatic heterocycles. The first-order valence-corrected chi connectivity index (χ1v) is 9.77. The van der Waals surface area contributed by atoms with E-state index in [1.807, 2.05) is 54.6 Å². The molecular formula is C25H25N3O. The van der Waals surface area contributed by atoms with Crippen LogP contribution in [0.1, 0.15) is 30.7 Å². The molecule has 0 fully saturated rings. The number of carbonyl (C=O) groups is 1. The van der Waals surface area contributed by atoms with E-state index in [0.29, 0.717) is 11.5 Å². The molecule has 1 aromatic heterocycles. The Morgan fingerprint density at radius 3 is 2.41 bits per heavy atom. The highest BCUT2D eigenvalue weighted by molar-refractivity contribution is 5.94. The van der Waals surface area contributed by atoms with Crippen LogP contribution in [0.25, 0.3) is 11.1 Å². The van der Waals surface area contributed by atoms with Crippen molar-refractivity contribution in [2.45, 2.75) is 26.3 Å². The smallest absolute Gasteiger partial charge is 0.242 e. The number of benzene rings is 2. The monoisotopic (exact) mass is 383 g/mol. The van der Waals surface area contributed by atoms with Crippen molar-refractivity contribution in [2.24, 2.45) is 0 Å². The van der Waals surface area contributed by atoms with Crippen molar-refractivity contribution >= 4 is 11.7 Å². The van der Waals surface area contributed by atoms with Crippen LogP contribution in [-0.4, -0.2) is 24.0 Å². The van der Waals surface area contributed by atoms with Crippen LogP contribution in [-0.2, 0) is 11.2 Å². The van der Waals surface area contributed by atoms with Gasteiger partial charge in [-0.15, -0.1) is 0 Å². The third kappa shape index (κ3) is 5.10. The molecule has 3 rings (SSSR count). The molecule has 4 heteroatoms. The van der Waals surface area contributed by atoms with Gasteiger partial charge in [-0.1, -0.05) is 55.3 Å². The second-order valence-electron chi connectivity index (χ2n) is 6.72. The quantitative estimate of drug-likeness (QED) is 0.648. The molecule has 29 heavy (non-hydrogen) atoms. The molecule has 0 radical (unpaired) electrons. The van der Waals surface area contributed by atoms with Crippen molar-refractivity contribution < 1.29 is 4.79 Å². The molecule has 4 nitrogen and oxygen atoms in total. The Balaban J connectivity index is 2.06. The predicted molar refractivity (Wildman–Crippen MR) is 119 cm³/mol. The molecular weight excluding hydrogens is 358 g/mol. The van der Waals surface area contributed by atoms with Gasteiger partial charge in [0.15, 0.2) is 0 Å². The summed E-state index contributed by atoms with van der Waals surface area (Å²) in [5.41, 5.74) is 4.87. The van der Waals surface area contributed by atoms with E-state index < -0.39 is 0 Å². The van der Waals surface area contributed by atoms with Gasteiger partial charge >= 0.3 is 0 Å². The average molecular weight is 383 g/mol. The van der Waals surface area contributed by atoms with Crippen LogP contribution < -0.4 is 10.6 Å². The van der Waals surface area contributed by atoms with E-state index in [0.717, 1.165) is 23.1 Å². The average Bonchev–Trinajstić information content (AvgIpc) is 2.77. The van der Waals surface area contributed by atoms with Crippen molar-refractivity contribution in [1.82, 2.24) is 10.3 Å². The first-order valence-electron chi connectivity index (χ1n) is 9.77. The number of aryl methyl sites for hydroxylation is 1. The molecule has 1 unspecified atom stereocenters. The predicted octanol–water partition coefficient (Wildman–Crippen LogP) is 4.26. The molecule has 0 saturated carbocycles. The van der Waals surface area contributed by atoms with E-state index in [9.17, 15) is 4.79 Å². The molecule has 3 aromatic rings. The number of anilines is 1. The largest absolute Gasteiger partial charge is 0.309 e. The van der Waals surface area contributed by atoms with Gasteiger partial charge in [-0.3, -0.25) is 4.79 Å². The lowest BCUT2D eigenvalue weighted by molar-refractivity contribution is -0.117. The Kier molecular flexibility index (Phi) is 6.78. The molecule has 1 heterocycles. The van der Waals surface area contributed by atoms with Crippen LogP contribution in [0.15, 0.2) is 66.7 Å². The Hall–Kier alpha value is -3.42. The fourth-order valence-electron chi connectivity index (χ4n) is 2.95. The van der Waals surface area contributed by atoms with Gasteiger partial charge in [0.2, 0.25) is 5.91 Å². The second-order valence-corrected chi connectivity index (χ2v) is 6.72. The summed E-state index contributed by atoms with van der Waals surface area (Å²) in [4.78, 5) is 16.9. The highest BCUT2D eigenvalue weighted by Gasteiger charge is 2.14. The summed E-state index contributed by atoms with van der Waals surface area (Å²) in [6.07, 6.45) is 0.917. The maximum atomic E-state index is 12.2. The number of amides is 1. The number of nitrogens with zero attached hydrogens (tertiary/aromatic N) is 1. The molecule has 0 bridgehead atoms. The fraction of sp³-hybridized carbons (Fsp3) is 0.200. The third-order valence-electron chi connectivity index (χ3n) is 4.76. The van der Waals surface area contributed by atoms with Crippen LogP contribution in [0.5, 0.6) is 0 Å². The molecule has 0 aliphatic carbocycles. The number of aromatic nitrogens is 1. The molecule has 2 N–H and O–H groups in total. The second kappa shape index (κ2) is 9.68. The lowest BCUT2D eigenvalue weighted by atomic mass is 9.97. The fourth-order valence-corrected chi connectivity index (χ4v) is 2.95. The minimum Gasteiger partial charge on any atom is -0.309 e. The highest BCUT2D eigenvalue weighted by Crippen LogP contribution is 2.27. The van der Waals surface area contributed by atoms with Crippen LogP contribution in [0.3, 0.4) is 0 Å². The maximum Gasteiger partial charge on any atom is 0.242 e. The molecule has 0 aliphatic rings. The molecule has 0 spiro atoms. The van der Waals surface area contributed by atoms with E-state index >= 15 is 0 Å². The third-order valence-corrected chi connectivity index (χ3v) is 4.76. The number of nitrogens with one attached hydrogen (secondary N) is 2. The number of pyridine rings is 1. The van der Waals surface area contributed by atoms with Gasteiger partial charge in [0, 0.05) is 11.1 Å². The van der Waals surface area contributed by atoms with Crippen LogP contribution in [0.2, 0.25) is 0 Å². The molecule has 146 valence electrons. The van der Waals surface area contributed by atoms with Gasteiger partial charge in [0.1, 0.15) is 11.5 Å². The van der Waals surface area contributed by atoms with E-state index in [1.165, 1.54) is 5.56 Å². The van der Waals surface area contributed by atoms with Crippen LogP contribution in [0, 0.1) is 11.8 Å². The van der Waals surface area contributed by atoms with E-state index in [1.54, 1.807) is 14.0 Å². The highest BCUT2D eigenvalue weighted by atomic mass is 16.2. The van der Waals surface area contributed by atoms with E-state index in [4.69, 9.17) is 0 Å². The number of carbonyl (C=O) groups excluding carboxylic acids is 1. The summed E-state index contributed by atoms with van der Waals surface area (Å²) in [6.45, 7) is 3.94. The Bertz CT molecular complexity index is 1050. The van der Waals surface area contributed by atoms with Crippen LogP contribution in [0.4, 0.5) is 5.82 Å². The van der Waals surface area contributed by atoms with Gasteiger partial charge in [0.25, 0.3) is 0 Å². The zero-order chi connectivity index (χ0) is 20.6. The summed E-state index contributed by atoms with van der Waals surface area (Å²) < 4.78 is 0. The van der Waals surface area contributed by atoms with Crippen molar-refractivity contribution in [1.29, 1.82) is 0 Å². The first-order chi connectivity index (χ1) is 14.1. The van der Waals surface area contributed by atoms with Crippen molar-refractivity contribution in [3.05, 3.63) is 83.6 Å². The lowest BCUT2D eigenvalue weighted by Crippen LogP contribution is -2.35. The van der Waals surface area contributed by atoms with E-state index in [-0.39, 0.29) is 11.9 Å². The summed E-state index contributed by atoms with van der Waals surface area (Å²) in [5, 5.41) is 5.79. The zero-order valence-corrected chi connectivity index (χ0v) is 17.0. The van der Waals surface area contributed by atoms with Gasteiger partial charge in [-0.25, -0.2) is 4.98 Å². The Labute approximate surface area is 172 Å². The number of hydrogen-bond donors (Lipinski definition) is 2. The minimum atomic E-state index is -0.309. The van der Waals surface area contributed by atoms with E-state index in [2.05, 4.69) is 46.5 Å². The molecule has 1 atom stereocenters. The van der Waals surface area contributed by atoms with Crippen molar-refractivity contribution in [2.75, 3.05) is 12.4 Å². The maximum absolute atomic E-state index is 12.2.